The number of nitrogens with one attached hydrogen (secondary N) is 1. The summed E-state index contributed by atoms with van der Waals surface area (Å²) in [7, 11) is -3.66. The van der Waals surface area contributed by atoms with E-state index in [4.69, 9.17) is 5.14 Å². The lowest BCUT2D eigenvalue weighted by atomic mass is 10.1. The molecule has 0 aliphatic heterocycles. The topological polar surface area (TPSA) is 72.2 Å². The maximum absolute atomic E-state index is 11.3. The molecule has 0 aliphatic rings. The molecule has 4 nitrogen and oxygen atoms in total. The highest BCUT2D eigenvalue weighted by atomic mass is 32.2. The van der Waals surface area contributed by atoms with Crippen LogP contribution < -0.4 is 10.5 Å². The van der Waals surface area contributed by atoms with Crippen LogP contribution in [0.2, 0.25) is 0 Å². The Kier molecular flexibility index (Phi) is 4.11. The highest BCUT2D eigenvalue weighted by Crippen LogP contribution is 2.16. The van der Waals surface area contributed by atoms with Crippen LogP contribution >= 0.6 is 0 Å². The van der Waals surface area contributed by atoms with Crippen molar-refractivity contribution < 1.29 is 8.42 Å². The van der Waals surface area contributed by atoms with Gasteiger partial charge in [0.05, 0.1) is 4.90 Å². The van der Waals surface area contributed by atoms with Crippen LogP contribution in [-0.2, 0) is 16.6 Å². The molecule has 0 heterocycles. The third-order valence-corrected chi connectivity index (χ3v) is 3.85. The number of hydrogen-bond donors (Lipinski definition) is 2. The van der Waals surface area contributed by atoms with E-state index < -0.39 is 10.0 Å². The van der Waals surface area contributed by atoms with Gasteiger partial charge in [0.15, 0.2) is 0 Å². The van der Waals surface area contributed by atoms with Gasteiger partial charge in [-0.2, -0.15) is 0 Å². The number of hydrogen-bond acceptors (Lipinski definition) is 3. The summed E-state index contributed by atoms with van der Waals surface area (Å²) < 4.78 is 22.6. The van der Waals surface area contributed by atoms with Gasteiger partial charge >= 0.3 is 0 Å². The summed E-state index contributed by atoms with van der Waals surface area (Å²) in [4.78, 5) is 0.114. The van der Waals surface area contributed by atoms with Gasteiger partial charge in [-0.15, -0.1) is 0 Å². The molecular weight excluding hydrogens is 272 g/mol. The number of anilines is 1. The number of rotatable bonds is 4. The van der Waals surface area contributed by atoms with Crippen LogP contribution in [0.15, 0.2) is 47.4 Å². The second kappa shape index (κ2) is 5.64. The summed E-state index contributed by atoms with van der Waals surface area (Å²) in [5.41, 5.74) is 4.30. The van der Waals surface area contributed by atoms with Crippen molar-refractivity contribution in [1.29, 1.82) is 0 Å². The summed E-state index contributed by atoms with van der Waals surface area (Å²) in [6, 6.07) is 12.8. The summed E-state index contributed by atoms with van der Waals surface area (Å²) in [5.74, 6) is 0. The van der Waals surface area contributed by atoms with Crippen molar-refractivity contribution in [3.05, 3.63) is 59.2 Å². The average Bonchev–Trinajstić information content (AvgIpc) is 2.35. The van der Waals surface area contributed by atoms with Gasteiger partial charge in [0, 0.05) is 12.2 Å². The van der Waals surface area contributed by atoms with Crippen LogP contribution in [0, 0.1) is 13.8 Å². The Morgan fingerprint density at radius 3 is 2.30 bits per heavy atom. The molecule has 2 rings (SSSR count). The molecule has 0 saturated heterocycles. The van der Waals surface area contributed by atoms with Gasteiger partial charge in [-0.05, 0) is 37.6 Å². The fourth-order valence-corrected chi connectivity index (χ4v) is 2.72. The van der Waals surface area contributed by atoms with E-state index in [1.807, 2.05) is 6.07 Å². The van der Waals surface area contributed by atoms with E-state index in [1.54, 1.807) is 6.07 Å². The average molecular weight is 290 g/mol. The molecule has 106 valence electrons. The van der Waals surface area contributed by atoms with E-state index >= 15 is 0 Å². The van der Waals surface area contributed by atoms with Crippen molar-refractivity contribution in [2.24, 2.45) is 5.14 Å². The minimum Gasteiger partial charge on any atom is -0.381 e. The van der Waals surface area contributed by atoms with E-state index in [-0.39, 0.29) is 4.90 Å². The van der Waals surface area contributed by atoms with Crippen molar-refractivity contribution in [1.82, 2.24) is 0 Å². The first-order valence-electron chi connectivity index (χ1n) is 6.28. The Bertz CT molecular complexity index is 704. The van der Waals surface area contributed by atoms with Crippen LogP contribution in [0.25, 0.3) is 0 Å². The first-order valence-corrected chi connectivity index (χ1v) is 7.83. The van der Waals surface area contributed by atoms with E-state index in [2.05, 4.69) is 37.4 Å². The lowest BCUT2D eigenvalue weighted by Gasteiger charge is -2.09. The molecule has 0 bridgehead atoms. The van der Waals surface area contributed by atoms with E-state index in [1.165, 1.54) is 23.3 Å². The van der Waals surface area contributed by atoms with Gasteiger partial charge in [-0.1, -0.05) is 35.4 Å². The molecule has 0 amide bonds. The molecule has 2 aromatic rings. The summed E-state index contributed by atoms with van der Waals surface area (Å²) in [5, 5.41) is 8.32. The SMILES string of the molecule is Cc1cc(C)cc(CNc2cccc(S(N)(=O)=O)c2)c1. The third kappa shape index (κ3) is 3.82. The zero-order valence-electron chi connectivity index (χ0n) is 11.6. The predicted molar refractivity (Wildman–Crippen MR) is 81.1 cm³/mol. The summed E-state index contributed by atoms with van der Waals surface area (Å²) in [6.45, 7) is 4.74. The van der Waals surface area contributed by atoms with E-state index in [9.17, 15) is 8.42 Å². The Balaban J connectivity index is 2.15. The largest absolute Gasteiger partial charge is 0.381 e. The van der Waals surface area contributed by atoms with Crippen LogP contribution in [0.3, 0.4) is 0 Å². The molecule has 3 N–H and O–H groups in total. The van der Waals surface area contributed by atoms with Gasteiger partial charge in [0.1, 0.15) is 0 Å². The van der Waals surface area contributed by atoms with Gasteiger partial charge in [-0.3, -0.25) is 0 Å². The van der Waals surface area contributed by atoms with Crippen molar-refractivity contribution in [3.8, 4) is 0 Å². The lowest BCUT2D eigenvalue weighted by Crippen LogP contribution is -2.12. The van der Waals surface area contributed by atoms with Crippen LogP contribution in [-0.4, -0.2) is 8.42 Å². The number of benzene rings is 2. The van der Waals surface area contributed by atoms with Crippen LogP contribution in [0.5, 0.6) is 0 Å². The number of sulfonamides is 1. The quantitative estimate of drug-likeness (QED) is 0.909. The van der Waals surface area contributed by atoms with Gasteiger partial charge in [0.25, 0.3) is 0 Å². The van der Waals surface area contributed by atoms with E-state index in [0.29, 0.717) is 6.54 Å². The minimum absolute atomic E-state index is 0.114. The molecule has 0 aliphatic carbocycles. The van der Waals surface area contributed by atoms with Gasteiger partial charge in [0.2, 0.25) is 10.0 Å². The first kappa shape index (κ1) is 14.6. The van der Waals surface area contributed by atoms with Crippen molar-refractivity contribution in [2.75, 3.05) is 5.32 Å². The molecule has 20 heavy (non-hydrogen) atoms. The number of primary sulfonamides is 1. The fourth-order valence-electron chi connectivity index (χ4n) is 2.16. The van der Waals surface area contributed by atoms with Gasteiger partial charge in [-0.25, -0.2) is 13.6 Å². The fraction of sp³-hybridized carbons (Fsp3) is 0.200. The van der Waals surface area contributed by atoms with Crippen molar-refractivity contribution in [2.45, 2.75) is 25.3 Å². The first-order chi connectivity index (χ1) is 9.34. The molecule has 0 aromatic heterocycles. The zero-order chi connectivity index (χ0) is 14.8. The lowest BCUT2D eigenvalue weighted by molar-refractivity contribution is 0.598. The standard InChI is InChI=1S/C15H18N2O2S/c1-11-6-12(2)8-13(7-11)10-17-14-4-3-5-15(9-14)20(16,18)19/h3-9,17H,10H2,1-2H3,(H2,16,18,19). The maximum atomic E-state index is 11.3. The maximum Gasteiger partial charge on any atom is 0.238 e. The molecule has 5 heteroatoms. The monoisotopic (exact) mass is 290 g/mol. The molecule has 0 saturated carbocycles. The second-order valence-corrected chi connectivity index (χ2v) is 6.48. The zero-order valence-corrected chi connectivity index (χ0v) is 12.4. The van der Waals surface area contributed by atoms with Crippen LogP contribution in [0.4, 0.5) is 5.69 Å². The normalized spacial score (nSPS) is 11.3. The number of aryl methyl sites for hydroxylation is 2. The van der Waals surface area contributed by atoms with Crippen molar-refractivity contribution >= 4 is 15.7 Å². The van der Waals surface area contributed by atoms with Crippen LogP contribution in [0.1, 0.15) is 16.7 Å². The Morgan fingerprint density at radius 1 is 1.05 bits per heavy atom. The van der Waals surface area contributed by atoms with E-state index in [0.717, 1.165) is 11.3 Å². The minimum atomic E-state index is -3.66. The molecule has 2 aromatic carbocycles. The molecule has 0 radical (unpaired) electrons. The number of nitrogens with two attached hydrogens (primary N) is 1. The summed E-state index contributed by atoms with van der Waals surface area (Å²) >= 11 is 0. The Morgan fingerprint density at radius 2 is 1.70 bits per heavy atom. The molecular formula is C15H18N2O2S. The molecule has 0 spiro atoms. The Hall–Kier alpha value is -1.85. The van der Waals surface area contributed by atoms with Gasteiger partial charge < -0.3 is 5.32 Å². The highest BCUT2D eigenvalue weighted by molar-refractivity contribution is 7.89. The summed E-state index contributed by atoms with van der Waals surface area (Å²) in [6.07, 6.45) is 0. The van der Waals surface area contributed by atoms with Crippen molar-refractivity contribution in [3.63, 3.8) is 0 Å². The smallest absolute Gasteiger partial charge is 0.238 e. The Labute approximate surface area is 119 Å². The molecule has 0 unspecified atom stereocenters. The highest BCUT2D eigenvalue weighted by Gasteiger charge is 2.07. The molecule has 0 atom stereocenters. The second-order valence-electron chi connectivity index (χ2n) is 4.92. The molecule has 0 fully saturated rings. The predicted octanol–water partition coefficient (Wildman–Crippen LogP) is 2.56. The third-order valence-electron chi connectivity index (χ3n) is 2.94.